The van der Waals surface area contributed by atoms with Crippen LogP contribution in [-0.2, 0) is 11.2 Å². The zero-order valence-corrected chi connectivity index (χ0v) is 11.7. The first-order valence-electron chi connectivity index (χ1n) is 6.86. The van der Waals surface area contributed by atoms with Crippen LogP contribution in [0, 0.1) is 6.92 Å². The van der Waals surface area contributed by atoms with E-state index in [0.717, 1.165) is 16.8 Å². The first-order valence-corrected chi connectivity index (χ1v) is 6.86. The molecule has 3 heteroatoms. The van der Waals surface area contributed by atoms with Crippen LogP contribution in [0.4, 0.5) is 5.69 Å². The minimum Gasteiger partial charge on any atom is -0.322 e. The fraction of sp³-hybridized carbons (Fsp3) is 0.111. The second-order valence-electron chi connectivity index (χ2n) is 5.08. The molecule has 0 aromatic heterocycles. The highest BCUT2D eigenvalue weighted by molar-refractivity contribution is 6.29. The summed E-state index contributed by atoms with van der Waals surface area (Å²) < 4.78 is 0. The molecule has 0 spiro atoms. The zero-order chi connectivity index (χ0) is 14.8. The van der Waals surface area contributed by atoms with E-state index in [4.69, 9.17) is 0 Å². The third kappa shape index (κ3) is 2.50. The highest BCUT2D eigenvalue weighted by atomic mass is 16.2. The first-order chi connectivity index (χ1) is 10.2. The number of anilines is 1. The van der Waals surface area contributed by atoms with Gasteiger partial charge in [-0.2, -0.15) is 0 Å². The SMILES string of the molecule is Cc1ccccc1NC(=O)C1=CCc2ccccc2C1=O. The fourth-order valence-corrected chi connectivity index (χ4v) is 2.47. The minimum absolute atomic E-state index is 0.206. The topological polar surface area (TPSA) is 46.2 Å². The lowest BCUT2D eigenvalue weighted by molar-refractivity contribution is -0.112. The van der Waals surface area contributed by atoms with Gasteiger partial charge >= 0.3 is 0 Å². The van der Waals surface area contributed by atoms with Crippen molar-refractivity contribution in [2.24, 2.45) is 0 Å². The summed E-state index contributed by atoms with van der Waals surface area (Å²) in [6.07, 6.45) is 2.32. The van der Waals surface area contributed by atoms with E-state index in [9.17, 15) is 9.59 Å². The Hall–Kier alpha value is -2.68. The van der Waals surface area contributed by atoms with E-state index in [1.54, 1.807) is 12.1 Å². The summed E-state index contributed by atoms with van der Waals surface area (Å²) in [4.78, 5) is 24.7. The van der Waals surface area contributed by atoms with Crippen molar-refractivity contribution in [3.8, 4) is 0 Å². The van der Waals surface area contributed by atoms with Crippen molar-refractivity contribution in [2.45, 2.75) is 13.3 Å². The van der Waals surface area contributed by atoms with E-state index in [0.29, 0.717) is 12.0 Å². The highest BCUT2D eigenvalue weighted by Crippen LogP contribution is 2.22. The molecule has 21 heavy (non-hydrogen) atoms. The Labute approximate surface area is 123 Å². The van der Waals surface area contributed by atoms with E-state index in [-0.39, 0.29) is 17.3 Å². The number of allylic oxidation sites excluding steroid dienone is 1. The van der Waals surface area contributed by atoms with Crippen LogP contribution in [-0.4, -0.2) is 11.7 Å². The van der Waals surface area contributed by atoms with Gasteiger partial charge in [-0.25, -0.2) is 0 Å². The Kier molecular flexibility index (Phi) is 3.40. The maximum absolute atomic E-state index is 12.4. The monoisotopic (exact) mass is 277 g/mol. The molecule has 0 saturated carbocycles. The van der Waals surface area contributed by atoms with E-state index in [2.05, 4.69) is 5.32 Å². The third-order valence-corrected chi connectivity index (χ3v) is 3.67. The number of Topliss-reactive ketones (excluding diaryl/α,β-unsaturated/α-hetero) is 1. The summed E-state index contributed by atoms with van der Waals surface area (Å²) in [6, 6.07) is 14.9. The predicted molar refractivity (Wildman–Crippen MR) is 82.4 cm³/mol. The van der Waals surface area contributed by atoms with Gasteiger partial charge in [0.25, 0.3) is 5.91 Å². The van der Waals surface area contributed by atoms with Crippen molar-refractivity contribution in [3.63, 3.8) is 0 Å². The van der Waals surface area contributed by atoms with Crippen molar-refractivity contribution in [1.82, 2.24) is 0 Å². The number of carbonyl (C=O) groups excluding carboxylic acids is 2. The average molecular weight is 277 g/mol. The molecule has 1 aliphatic carbocycles. The number of rotatable bonds is 2. The van der Waals surface area contributed by atoms with Crippen LogP contribution >= 0.6 is 0 Å². The second-order valence-corrected chi connectivity index (χ2v) is 5.08. The van der Waals surface area contributed by atoms with E-state index in [1.165, 1.54) is 0 Å². The van der Waals surface area contributed by atoms with Gasteiger partial charge in [0.2, 0.25) is 0 Å². The summed E-state index contributed by atoms with van der Waals surface area (Å²) in [5.74, 6) is -0.549. The fourth-order valence-electron chi connectivity index (χ4n) is 2.47. The summed E-state index contributed by atoms with van der Waals surface area (Å²) in [5, 5.41) is 2.81. The van der Waals surface area contributed by atoms with Gasteiger partial charge in [0.05, 0.1) is 5.57 Å². The van der Waals surface area contributed by atoms with Crippen LogP contribution in [0.15, 0.2) is 60.2 Å². The van der Waals surface area contributed by atoms with Gasteiger partial charge in [0, 0.05) is 11.3 Å². The Morgan fingerprint density at radius 1 is 1.05 bits per heavy atom. The molecule has 0 fully saturated rings. The standard InChI is InChI=1S/C18H15NO2/c1-12-6-2-5-9-16(12)19-18(21)15-11-10-13-7-3-4-8-14(13)17(15)20/h2-9,11H,10H2,1H3,(H,19,21). The Morgan fingerprint density at radius 2 is 1.76 bits per heavy atom. The number of amides is 1. The van der Waals surface area contributed by atoms with Gasteiger partial charge in [0.1, 0.15) is 0 Å². The van der Waals surface area contributed by atoms with Crippen molar-refractivity contribution in [2.75, 3.05) is 5.32 Å². The van der Waals surface area contributed by atoms with Gasteiger partial charge in [-0.05, 0) is 30.5 Å². The average Bonchev–Trinajstić information content (AvgIpc) is 2.50. The number of hydrogen-bond acceptors (Lipinski definition) is 2. The van der Waals surface area contributed by atoms with Gasteiger partial charge in [-0.3, -0.25) is 9.59 Å². The summed E-state index contributed by atoms with van der Waals surface area (Å²) in [6.45, 7) is 1.92. The van der Waals surface area contributed by atoms with Crippen LogP contribution in [0.3, 0.4) is 0 Å². The van der Waals surface area contributed by atoms with Crippen LogP contribution in [0.25, 0.3) is 0 Å². The smallest absolute Gasteiger partial charge is 0.259 e. The Balaban J connectivity index is 1.85. The molecule has 0 atom stereocenters. The predicted octanol–water partition coefficient (Wildman–Crippen LogP) is 3.30. The normalized spacial score (nSPS) is 13.4. The number of ketones is 1. The van der Waals surface area contributed by atoms with Gasteiger partial charge in [-0.15, -0.1) is 0 Å². The lowest BCUT2D eigenvalue weighted by Crippen LogP contribution is -2.24. The molecule has 0 heterocycles. The molecular formula is C18H15NO2. The lowest BCUT2D eigenvalue weighted by atomic mass is 9.90. The largest absolute Gasteiger partial charge is 0.322 e. The molecular weight excluding hydrogens is 262 g/mol. The summed E-state index contributed by atoms with van der Waals surface area (Å²) in [7, 11) is 0. The first kappa shape index (κ1) is 13.3. The summed E-state index contributed by atoms with van der Waals surface area (Å²) >= 11 is 0. The van der Waals surface area contributed by atoms with Crippen molar-refractivity contribution >= 4 is 17.4 Å². The molecule has 1 aliphatic rings. The number of nitrogens with one attached hydrogen (secondary N) is 1. The molecule has 3 rings (SSSR count). The maximum atomic E-state index is 12.4. The quantitative estimate of drug-likeness (QED) is 0.856. The van der Waals surface area contributed by atoms with Gasteiger partial charge < -0.3 is 5.32 Å². The minimum atomic E-state index is -0.344. The molecule has 1 amide bonds. The lowest BCUT2D eigenvalue weighted by Gasteiger charge is -2.16. The van der Waals surface area contributed by atoms with Crippen molar-refractivity contribution in [1.29, 1.82) is 0 Å². The number of hydrogen-bond donors (Lipinski definition) is 1. The molecule has 0 unspecified atom stereocenters. The number of aryl methyl sites for hydroxylation is 1. The van der Waals surface area contributed by atoms with Crippen molar-refractivity contribution < 1.29 is 9.59 Å². The molecule has 2 aromatic carbocycles. The van der Waals surface area contributed by atoms with E-state index in [1.807, 2.05) is 49.4 Å². The van der Waals surface area contributed by atoms with Crippen LogP contribution in [0.5, 0.6) is 0 Å². The van der Waals surface area contributed by atoms with Crippen molar-refractivity contribution in [3.05, 3.63) is 76.9 Å². The zero-order valence-electron chi connectivity index (χ0n) is 11.7. The maximum Gasteiger partial charge on any atom is 0.259 e. The number of para-hydroxylation sites is 1. The van der Waals surface area contributed by atoms with Crippen LogP contribution < -0.4 is 5.32 Å². The van der Waals surface area contributed by atoms with E-state index < -0.39 is 0 Å². The third-order valence-electron chi connectivity index (χ3n) is 3.67. The number of carbonyl (C=O) groups is 2. The molecule has 104 valence electrons. The Bertz CT molecular complexity index is 759. The molecule has 0 radical (unpaired) electrons. The van der Waals surface area contributed by atoms with Crippen LogP contribution in [0.2, 0.25) is 0 Å². The molecule has 1 N–H and O–H groups in total. The molecule has 0 saturated heterocycles. The number of benzene rings is 2. The van der Waals surface area contributed by atoms with Gasteiger partial charge in [-0.1, -0.05) is 48.5 Å². The second kappa shape index (κ2) is 5.37. The number of fused-ring (bicyclic) bond motifs is 1. The summed E-state index contributed by atoms with van der Waals surface area (Å²) in [5.41, 5.74) is 3.51. The molecule has 2 aromatic rings. The highest BCUT2D eigenvalue weighted by Gasteiger charge is 2.25. The molecule has 0 aliphatic heterocycles. The Morgan fingerprint density at radius 3 is 2.57 bits per heavy atom. The van der Waals surface area contributed by atoms with E-state index >= 15 is 0 Å². The molecule has 0 bridgehead atoms. The van der Waals surface area contributed by atoms with Crippen LogP contribution in [0.1, 0.15) is 21.5 Å². The van der Waals surface area contributed by atoms with Gasteiger partial charge in [0.15, 0.2) is 5.78 Å². The molecule has 3 nitrogen and oxygen atoms in total.